The molecule has 2 aromatic heterocycles. The molecular weight excluding hydrogens is 376 g/mol. The second kappa shape index (κ2) is 9.28. The number of imidazole rings is 1. The lowest BCUT2D eigenvalue weighted by molar-refractivity contribution is 0.591. The SMILES string of the molecule is Cc1nnc(CN=C(NCCCn2c(C)nc3ccccc32)NC2CCCC2)n1C. The first-order chi connectivity index (χ1) is 14.6. The molecule has 160 valence electrons. The Kier molecular flexibility index (Phi) is 6.30. The number of benzene rings is 1. The molecule has 8 nitrogen and oxygen atoms in total. The largest absolute Gasteiger partial charge is 0.356 e. The topological polar surface area (TPSA) is 85.0 Å². The minimum absolute atomic E-state index is 0.511. The van der Waals surface area contributed by atoms with Gasteiger partial charge in [0.15, 0.2) is 11.8 Å². The summed E-state index contributed by atoms with van der Waals surface area (Å²) in [5, 5.41) is 15.5. The number of hydrogen-bond acceptors (Lipinski definition) is 4. The number of hydrogen-bond donors (Lipinski definition) is 2. The Labute approximate surface area is 177 Å². The summed E-state index contributed by atoms with van der Waals surface area (Å²) in [5.41, 5.74) is 2.26. The maximum Gasteiger partial charge on any atom is 0.191 e. The Bertz CT molecular complexity index is 1010. The number of aryl methyl sites for hydroxylation is 3. The van der Waals surface area contributed by atoms with Gasteiger partial charge in [-0.3, -0.25) is 0 Å². The molecule has 0 aliphatic heterocycles. The van der Waals surface area contributed by atoms with E-state index in [1.165, 1.54) is 31.2 Å². The molecular formula is C22H32N8. The summed E-state index contributed by atoms with van der Waals surface area (Å²) < 4.78 is 4.28. The number of aliphatic imine (C=N–C) groups is 1. The fourth-order valence-electron chi connectivity index (χ4n) is 4.08. The molecule has 1 aliphatic carbocycles. The Hall–Kier alpha value is -2.90. The molecule has 1 aliphatic rings. The van der Waals surface area contributed by atoms with Gasteiger partial charge in [-0.05, 0) is 45.2 Å². The number of guanidine groups is 1. The van der Waals surface area contributed by atoms with Crippen molar-refractivity contribution in [2.75, 3.05) is 6.54 Å². The molecule has 8 heteroatoms. The second-order valence-corrected chi connectivity index (χ2v) is 8.09. The Morgan fingerprint density at radius 2 is 1.93 bits per heavy atom. The third-order valence-corrected chi connectivity index (χ3v) is 5.95. The number of para-hydroxylation sites is 2. The summed E-state index contributed by atoms with van der Waals surface area (Å²) in [6.45, 7) is 6.33. The lowest BCUT2D eigenvalue weighted by Gasteiger charge is -2.17. The molecule has 0 radical (unpaired) electrons. The molecule has 0 saturated heterocycles. The van der Waals surface area contributed by atoms with Gasteiger partial charge in [-0.2, -0.15) is 0 Å². The standard InChI is InChI=1S/C22H32N8/c1-16-25-19-11-6-7-12-20(19)30(16)14-8-13-23-22(26-18-9-4-5-10-18)24-15-21-28-27-17(2)29(21)3/h6-7,11-12,18H,4-5,8-10,13-15H2,1-3H3,(H2,23,24,26). The van der Waals surface area contributed by atoms with Crippen LogP contribution in [0.1, 0.15) is 49.6 Å². The molecule has 0 spiro atoms. The van der Waals surface area contributed by atoms with Crippen molar-refractivity contribution < 1.29 is 0 Å². The fraction of sp³-hybridized carbons (Fsp3) is 0.545. The number of rotatable bonds is 7. The van der Waals surface area contributed by atoms with Crippen LogP contribution >= 0.6 is 0 Å². The molecule has 1 aromatic carbocycles. The molecule has 2 N–H and O–H groups in total. The summed E-state index contributed by atoms with van der Waals surface area (Å²) in [6.07, 6.45) is 6.00. The minimum Gasteiger partial charge on any atom is -0.356 e. The van der Waals surface area contributed by atoms with Crippen LogP contribution in [0.15, 0.2) is 29.3 Å². The highest BCUT2D eigenvalue weighted by molar-refractivity contribution is 5.80. The van der Waals surface area contributed by atoms with Crippen LogP contribution in [0.5, 0.6) is 0 Å². The van der Waals surface area contributed by atoms with Crippen LogP contribution in [-0.4, -0.2) is 42.9 Å². The predicted octanol–water partition coefficient (Wildman–Crippen LogP) is 2.85. The van der Waals surface area contributed by atoms with E-state index in [1.807, 2.05) is 24.6 Å². The third kappa shape index (κ3) is 4.63. The number of nitrogens with one attached hydrogen (secondary N) is 2. The van der Waals surface area contributed by atoms with Crippen LogP contribution < -0.4 is 10.6 Å². The fourth-order valence-corrected chi connectivity index (χ4v) is 4.08. The second-order valence-electron chi connectivity index (χ2n) is 8.09. The quantitative estimate of drug-likeness (QED) is 0.357. The van der Waals surface area contributed by atoms with Crippen molar-refractivity contribution >= 4 is 17.0 Å². The summed E-state index contributed by atoms with van der Waals surface area (Å²) in [5.74, 6) is 3.71. The lowest BCUT2D eigenvalue weighted by atomic mass is 10.2. The monoisotopic (exact) mass is 408 g/mol. The maximum absolute atomic E-state index is 4.79. The van der Waals surface area contributed by atoms with Gasteiger partial charge in [0, 0.05) is 26.2 Å². The van der Waals surface area contributed by atoms with E-state index in [-0.39, 0.29) is 0 Å². The molecule has 4 rings (SSSR count). The highest BCUT2D eigenvalue weighted by Gasteiger charge is 2.16. The smallest absolute Gasteiger partial charge is 0.191 e. The van der Waals surface area contributed by atoms with Gasteiger partial charge < -0.3 is 19.8 Å². The Balaban J connectivity index is 1.36. The highest BCUT2D eigenvalue weighted by Crippen LogP contribution is 2.18. The number of nitrogens with zero attached hydrogens (tertiary/aromatic N) is 6. The number of fused-ring (bicyclic) bond motifs is 1. The van der Waals surface area contributed by atoms with Gasteiger partial charge >= 0.3 is 0 Å². The molecule has 1 fully saturated rings. The first-order valence-corrected chi connectivity index (χ1v) is 10.9. The Morgan fingerprint density at radius 1 is 1.13 bits per heavy atom. The first-order valence-electron chi connectivity index (χ1n) is 10.9. The van der Waals surface area contributed by atoms with E-state index in [1.54, 1.807) is 0 Å². The van der Waals surface area contributed by atoms with Crippen molar-refractivity contribution in [3.63, 3.8) is 0 Å². The van der Waals surface area contributed by atoms with Crippen molar-refractivity contribution in [2.45, 2.75) is 65.1 Å². The minimum atomic E-state index is 0.511. The van der Waals surface area contributed by atoms with Gasteiger partial charge in [-0.15, -0.1) is 10.2 Å². The average molecular weight is 409 g/mol. The zero-order chi connectivity index (χ0) is 20.9. The van der Waals surface area contributed by atoms with E-state index in [0.717, 1.165) is 48.5 Å². The molecule has 0 unspecified atom stereocenters. The maximum atomic E-state index is 4.79. The summed E-state index contributed by atoms with van der Waals surface area (Å²) in [4.78, 5) is 9.45. The van der Waals surface area contributed by atoms with Crippen molar-refractivity contribution in [3.8, 4) is 0 Å². The molecule has 0 amide bonds. The van der Waals surface area contributed by atoms with Crippen LogP contribution in [0.2, 0.25) is 0 Å². The zero-order valence-corrected chi connectivity index (χ0v) is 18.2. The molecule has 2 heterocycles. The van der Waals surface area contributed by atoms with E-state index in [0.29, 0.717) is 12.6 Å². The average Bonchev–Trinajstić information content (AvgIpc) is 3.44. The summed E-state index contributed by atoms with van der Waals surface area (Å²) in [7, 11) is 1.98. The van der Waals surface area contributed by atoms with E-state index in [4.69, 9.17) is 4.99 Å². The number of aromatic nitrogens is 5. The van der Waals surface area contributed by atoms with Crippen LogP contribution in [0.4, 0.5) is 0 Å². The zero-order valence-electron chi connectivity index (χ0n) is 18.2. The van der Waals surface area contributed by atoms with Crippen LogP contribution in [-0.2, 0) is 20.1 Å². The van der Waals surface area contributed by atoms with Gasteiger partial charge in [-0.25, -0.2) is 9.98 Å². The van der Waals surface area contributed by atoms with E-state index >= 15 is 0 Å². The summed E-state index contributed by atoms with van der Waals surface area (Å²) >= 11 is 0. The van der Waals surface area contributed by atoms with Crippen LogP contribution in [0.3, 0.4) is 0 Å². The molecule has 1 saturated carbocycles. The van der Waals surface area contributed by atoms with Gasteiger partial charge in [-0.1, -0.05) is 25.0 Å². The highest BCUT2D eigenvalue weighted by atomic mass is 15.3. The van der Waals surface area contributed by atoms with Gasteiger partial charge in [0.2, 0.25) is 0 Å². The van der Waals surface area contributed by atoms with E-state index in [9.17, 15) is 0 Å². The first kappa shape index (κ1) is 20.4. The molecule has 30 heavy (non-hydrogen) atoms. The van der Waals surface area contributed by atoms with Crippen molar-refractivity contribution in [1.29, 1.82) is 0 Å². The van der Waals surface area contributed by atoms with Gasteiger partial charge in [0.25, 0.3) is 0 Å². The van der Waals surface area contributed by atoms with Gasteiger partial charge in [0.05, 0.1) is 11.0 Å². The van der Waals surface area contributed by atoms with Crippen molar-refractivity contribution in [2.24, 2.45) is 12.0 Å². The predicted molar refractivity (Wildman–Crippen MR) is 119 cm³/mol. The molecule has 0 atom stereocenters. The third-order valence-electron chi connectivity index (χ3n) is 5.95. The molecule has 0 bridgehead atoms. The van der Waals surface area contributed by atoms with E-state index in [2.05, 4.69) is 55.5 Å². The Morgan fingerprint density at radius 3 is 2.70 bits per heavy atom. The normalized spacial score (nSPS) is 15.2. The lowest BCUT2D eigenvalue weighted by Crippen LogP contribution is -2.43. The summed E-state index contributed by atoms with van der Waals surface area (Å²) in [6, 6.07) is 8.83. The van der Waals surface area contributed by atoms with Crippen LogP contribution in [0, 0.1) is 13.8 Å². The van der Waals surface area contributed by atoms with Gasteiger partial charge in [0.1, 0.15) is 18.2 Å². The van der Waals surface area contributed by atoms with Crippen molar-refractivity contribution in [3.05, 3.63) is 41.7 Å². The van der Waals surface area contributed by atoms with Crippen LogP contribution in [0.25, 0.3) is 11.0 Å². The van der Waals surface area contributed by atoms with Crippen molar-refractivity contribution in [1.82, 2.24) is 34.9 Å². The van der Waals surface area contributed by atoms with E-state index < -0.39 is 0 Å². The molecule has 3 aromatic rings.